The maximum atomic E-state index is 11.0. The highest BCUT2D eigenvalue weighted by molar-refractivity contribution is 6.34. The maximum Gasteiger partial charge on any atom is 0.331 e. The molecule has 0 aliphatic rings. The predicted molar refractivity (Wildman–Crippen MR) is 78.9 cm³/mol. The molecule has 0 aliphatic carbocycles. The van der Waals surface area contributed by atoms with Gasteiger partial charge in [-0.25, -0.2) is 4.79 Å². The summed E-state index contributed by atoms with van der Waals surface area (Å²) in [6.45, 7) is 1.45. The molecule has 0 fully saturated rings. The van der Waals surface area contributed by atoms with E-state index in [0.717, 1.165) is 0 Å². The summed E-state index contributed by atoms with van der Waals surface area (Å²) in [5, 5.41) is 9.19. The minimum atomic E-state index is -1.07. The number of carboxylic acid groups (broad SMARTS) is 1. The summed E-state index contributed by atoms with van der Waals surface area (Å²) in [7, 11) is 5.72. The van der Waals surface area contributed by atoms with Crippen LogP contribution in [0.25, 0.3) is 6.08 Å². The van der Waals surface area contributed by atoms with Crippen molar-refractivity contribution in [3.05, 3.63) is 16.2 Å². The molecule has 0 atom stereocenters. The molecule has 1 aromatic carbocycles. The van der Waals surface area contributed by atoms with Gasteiger partial charge < -0.3 is 24.1 Å². The Morgan fingerprint density at radius 2 is 1.38 bits per heavy atom. The quantitative estimate of drug-likeness (QED) is 0.813. The summed E-state index contributed by atoms with van der Waals surface area (Å²) >= 11 is 6.28. The van der Waals surface area contributed by atoms with Gasteiger partial charge in [0.15, 0.2) is 11.5 Å². The number of methoxy groups -OCH3 is 4. The highest BCUT2D eigenvalue weighted by atomic mass is 35.5. The minimum absolute atomic E-state index is 0.0875. The van der Waals surface area contributed by atoms with E-state index in [1.807, 2.05) is 0 Å². The molecule has 0 saturated carbocycles. The molecule has 7 heteroatoms. The number of hydrogen-bond donors (Lipinski definition) is 1. The standard InChI is InChI=1S/C14H17ClO6/c1-7(14(16)17)6-8-9(15)11(19-3)13(21-5)12(20-4)10(8)18-2/h6H,1-5H3,(H,16,17)/b7-6+. The van der Waals surface area contributed by atoms with Crippen LogP contribution in [0.5, 0.6) is 23.0 Å². The first kappa shape index (κ1) is 17.0. The van der Waals surface area contributed by atoms with Crippen molar-refractivity contribution in [3.8, 4) is 23.0 Å². The Balaban J connectivity index is 3.78. The molecule has 0 saturated heterocycles. The Morgan fingerprint density at radius 1 is 0.952 bits per heavy atom. The second-order valence-corrected chi connectivity index (χ2v) is 4.37. The van der Waals surface area contributed by atoms with Gasteiger partial charge in [0.1, 0.15) is 0 Å². The lowest BCUT2D eigenvalue weighted by Crippen LogP contribution is -2.02. The molecule has 0 heterocycles. The molecule has 0 aliphatic heterocycles. The van der Waals surface area contributed by atoms with E-state index < -0.39 is 5.97 Å². The monoisotopic (exact) mass is 316 g/mol. The largest absolute Gasteiger partial charge is 0.492 e. The number of ether oxygens (including phenoxy) is 4. The van der Waals surface area contributed by atoms with Crippen molar-refractivity contribution < 1.29 is 28.8 Å². The fraction of sp³-hybridized carbons (Fsp3) is 0.357. The maximum absolute atomic E-state index is 11.0. The van der Waals surface area contributed by atoms with Crippen LogP contribution in [0.2, 0.25) is 5.02 Å². The first-order valence-corrected chi connectivity index (χ1v) is 6.27. The van der Waals surface area contributed by atoms with Crippen LogP contribution >= 0.6 is 11.6 Å². The van der Waals surface area contributed by atoms with Crippen LogP contribution in [0.4, 0.5) is 0 Å². The third-order valence-electron chi connectivity index (χ3n) is 2.81. The zero-order chi connectivity index (χ0) is 16.2. The lowest BCUT2D eigenvalue weighted by molar-refractivity contribution is -0.132. The number of carbonyl (C=O) groups is 1. The van der Waals surface area contributed by atoms with Gasteiger partial charge in [0, 0.05) is 11.1 Å². The summed E-state index contributed by atoms with van der Waals surface area (Å²) in [6.07, 6.45) is 1.38. The highest BCUT2D eigenvalue weighted by Gasteiger charge is 2.26. The molecular weight excluding hydrogens is 300 g/mol. The second-order valence-electron chi connectivity index (χ2n) is 3.99. The van der Waals surface area contributed by atoms with Crippen LogP contribution in [0.3, 0.4) is 0 Å². The van der Waals surface area contributed by atoms with Gasteiger partial charge in [0.25, 0.3) is 0 Å². The molecule has 0 bridgehead atoms. The average Bonchev–Trinajstić information content (AvgIpc) is 2.47. The number of aliphatic carboxylic acids is 1. The van der Waals surface area contributed by atoms with Gasteiger partial charge in [-0.1, -0.05) is 11.6 Å². The van der Waals surface area contributed by atoms with E-state index in [1.165, 1.54) is 41.4 Å². The molecule has 0 spiro atoms. The molecule has 1 N–H and O–H groups in total. The molecule has 0 amide bonds. The van der Waals surface area contributed by atoms with Crippen molar-refractivity contribution >= 4 is 23.6 Å². The Kier molecular flexibility index (Phi) is 5.72. The van der Waals surface area contributed by atoms with E-state index in [2.05, 4.69) is 0 Å². The van der Waals surface area contributed by atoms with Gasteiger partial charge in [-0.3, -0.25) is 0 Å². The van der Waals surface area contributed by atoms with Crippen LogP contribution in [0.15, 0.2) is 5.57 Å². The van der Waals surface area contributed by atoms with Gasteiger partial charge in [-0.2, -0.15) is 0 Å². The third-order valence-corrected chi connectivity index (χ3v) is 3.19. The zero-order valence-electron chi connectivity index (χ0n) is 12.4. The molecule has 6 nitrogen and oxygen atoms in total. The van der Waals surface area contributed by atoms with E-state index in [4.69, 9.17) is 35.7 Å². The molecule has 0 unspecified atom stereocenters. The van der Waals surface area contributed by atoms with Crippen LogP contribution in [-0.2, 0) is 4.79 Å². The summed E-state index contributed by atoms with van der Waals surface area (Å²) in [6, 6.07) is 0. The number of halogens is 1. The Hall–Kier alpha value is -2.08. The first-order chi connectivity index (χ1) is 9.92. The molecular formula is C14H17ClO6. The van der Waals surface area contributed by atoms with Crippen molar-refractivity contribution in [3.63, 3.8) is 0 Å². The van der Waals surface area contributed by atoms with Crippen LogP contribution in [-0.4, -0.2) is 39.5 Å². The number of hydrogen-bond acceptors (Lipinski definition) is 5. The third kappa shape index (κ3) is 3.16. The lowest BCUT2D eigenvalue weighted by Gasteiger charge is -2.19. The summed E-state index contributed by atoms with van der Waals surface area (Å²) in [5.74, 6) is -0.0263. The van der Waals surface area contributed by atoms with Crippen LogP contribution in [0, 0.1) is 0 Å². The fourth-order valence-electron chi connectivity index (χ4n) is 1.81. The molecule has 1 aromatic rings. The summed E-state index contributed by atoms with van der Waals surface area (Å²) < 4.78 is 21.0. The van der Waals surface area contributed by atoms with Crippen LogP contribution < -0.4 is 18.9 Å². The van der Waals surface area contributed by atoms with Gasteiger partial charge >= 0.3 is 5.97 Å². The normalized spacial score (nSPS) is 11.0. The highest BCUT2D eigenvalue weighted by Crippen LogP contribution is 2.52. The fourth-order valence-corrected chi connectivity index (χ4v) is 2.12. The Labute approximate surface area is 127 Å². The van der Waals surface area contributed by atoms with E-state index >= 15 is 0 Å². The van der Waals surface area contributed by atoms with E-state index in [1.54, 1.807) is 0 Å². The Bertz CT molecular complexity index is 580. The van der Waals surface area contributed by atoms with Crippen molar-refractivity contribution in [2.24, 2.45) is 0 Å². The molecule has 1 rings (SSSR count). The van der Waals surface area contributed by atoms with E-state index in [-0.39, 0.29) is 33.6 Å². The van der Waals surface area contributed by atoms with Crippen molar-refractivity contribution in [1.29, 1.82) is 0 Å². The average molecular weight is 317 g/mol. The van der Waals surface area contributed by atoms with Gasteiger partial charge in [-0.15, -0.1) is 0 Å². The molecule has 21 heavy (non-hydrogen) atoms. The second kappa shape index (κ2) is 7.08. The number of benzene rings is 1. The molecule has 116 valence electrons. The predicted octanol–water partition coefficient (Wildman–Crippen LogP) is 2.86. The van der Waals surface area contributed by atoms with Crippen LogP contribution in [0.1, 0.15) is 12.5 Å². The van der Waals surface area contributed by atoms with Crippen molar-refractivity contribution in [2.75, 3.05) is 28.4 Å². The van der Waals surface area contributed by atoms with Gasteiger partial charge in [0.2, 0.25) is 11.5 Å². The van der Waals surface area contributed by atoms with Gasteiger partial charge in [-0.05, 0) is 13.0 Å². The van der Waals surface area contributed by atoms with E-state index in [9.17, 15) is 4.79 Å². The smallest absolute Gasteiger partial charge is 0.331 e. The Morgan fingerprint density at radius 3 is 1.76 bits per heavy atom. The molecule has 0 aromatic heterocycles. The SMILES string of the molecule is COc1c(Cl)c(/C=C(\C)C(=O)O)c(OC)c(OC)c1OC. The topological polar surface area (TPSA) is 74.2 Å². The van der Waals surface area contributed by atoms with Crippen molar-refractivity contribution in [1.82, 2.24) is 0 Å². The molecule has 0 radical (unpaired) electrons. The zero-order valence-corrected chi connectivity index (χ0v) is 13.2. The first-order valence-electron chi connectivity index (χ1n) is 5.89. The summed E-state index contributed by atoms with van der Waals surface area (Å²) in [5.41, 5.74) is 0.429. The van der Waals surface area contributed by atoms with E-state index in [0.29, 0.717) is 5.56 Å². The number of carboxylic acids is 1. The van der Waals surface area contributed by atoms with Crippen molar-refractivity contribution in [2.45, 2.75) is 6.92 Å². The number of rotatable bonds is 6. The summed E-state index contributed by atoms with van der Waals surface area (Å²) in [4.78, 5) is 11.0. The lowest BCUT2D eigenvalue weighted by atomic mass is 10.1. The minimum Gasteiger partial charge on any atom is -0.492 e. The van der Waals surface area contributed by atoms with Gasteiger partial charge in [0.05, 0.1) is 33.5 Å².